The summed E-state index contributed by atoms with van der Waals surface area (Å²) in [7, 11) is 3.42. The second-order valence-electron chi connectivity index (χ2n) is 7.36. The zero-order valence-corrected chi connectivity index (χ0v) is 19.2. The quantitative estimate of drug-likeness (QED) is 0.337. The molecule has 6 heteroatoms. The third-order valence-electron chi connectivity index (χ3n) is 5.24. The van der Waals surface area contributed by atoms with Crippen molar-refractivity contribution in [2.24, 2.45) is 0 Å². The summed E-state index contributed by atoms with van der Waals surface area (Å²) in [5.41, 5.74) is 3.30. The zero-order valence-electron chi connectivity index (χ0n) is 18.4. The SMILES string of the molecule is CCCCCCC(OC)c1cccc(-c2csc(NC(=O)c3ccccc3)n2)c1OC. The predicted molar refractivity (Wildman–Crippen MR) is 127 cm³/mol. The van der Waals surface area contributed by atoms with Crippen molar-refractivity contribution >= 4 is 22.4 Å². The number of carbonyl (C=O) groups excluding carboxylic acids is 1. The largest absolute Gasteiger partial charge is 0.496 e. The lowest BCUT2D eigenvalue weighted by molar-refractivity contribution is 0.0908. The van der Waals surface area contributed by atoms with Crippen molar-refractivity contribution in [1.82, 2.24) is 4.98 Å². The standard InChI is InChI=1S/C25H30N2O3S/c1-4-5-6-10-16-22(29-2)20-15-11-14-19(23(20)30-3)21-17-31-25(26-21)27-24(28)18-12-8-7-9-13-18/h7-9,11-15,17,22H,4-6,10,16H2,1-3H3,(H,26,27,28). The van der Waals surface area contributed by atoms with Gasteiger partial charge >= 0.3 is 0 Å². The van der Waals surface area contributed by atoms with Crippen molar-refractivity contribution in [3.05, 3.63) is 65.0 Å². The van der Waals surface area contributed by atoms with Gasteiger partial charge in [0, 0.05) is 29.2 Å². The summed E-state index contributed by atoms with van der Waals surface area (Å²) in [4.78, 5) is 17.1. The topological polar surface area (TPSA) is 60.5 Å². The fourth-order valence-corrected chi connectivity index (χ4v) is 4.31. The first-order chi connectivity index (χ1) is 15.2. The molecule has 0 radical (unpaired) electrons. The molecule has 0 bridgehead atoms. The van der Waals surface area contributed by atoms with E-state index in [2.05, 4.69) is 23.3 Å². The number of rotatable bonds is 11. The van der Waals surface area contributed by atoms with Crippen molar-refractivity contribution in [3.8, 4) is 17.0 Å². The van der Waals surface area contributed by atoms with Gasteiger partial charge in [-0.15, -0.1) is 11.3 Å². The van der Waals surface area contributed by atoms with Gasteiger partial charge in [0.15, 0.2) is 5.13 Å². The van der Waals surface area contributed by atoms with Crippen molar-refractivity contribution in [1.29, 1.82) is 0 Å². The van der Waals surface area contributed by atoms with Crippen LogP contribution in [0.4, 0.5) is 5.13 Å². The van der Waals surface area contributed by atoms with Crippen LogP contribution in [0.15, 0.2) is 53.9 Å². The number of anilines is 1. The van der Waals surface area contributed by atoms with E-state index in [9.17, 15) is 4.79 Å². The summed E-state index contributed by atoms with van der Waals surface area (Å²) in [5, 5.41) is 5.37. The average molecular weight is 439 g/mol. The number of hydrogen-bond acceptors (Lipinski definition) is 5. The molecule has 2 aromatic carbocycles. The van der Waals surface area contributed by atoms with Crippen LogP contribution in [0.2, 0.25) is 0 Å². The molecule has 3 rings (SSSR count). The van der Waals surface area contributed by atoms with Gasteiger partial charge in [-0.05, 0) is 24.6 Å². The summed E-state index contributed by atoms with van der Waals surface area (Å²) in [6, 6.07) is 15.2. The third-order valence-corrected chi connectivity index (χ3v) is 6.00. The van der Waals surface area contributed by atoms with Gasteiger partial charge in [-0.25, -0.2) is 4.98 Å². The summed E-state index contributed by atoms with van der Waals surface area (Å²) in [5.74, 6) is 0.602. The Hall–Kier alpha value is -2.70. The van der Waals surface area contributed by atoms with E-state index in [0.717, 1.165) is 35.4 Å². The number of carbonyl (C=O) groups is 1. The highest BCUT2D eigenvalue weighted by Crippen LogP contribution is 2.39. The summed E-state index contributed by atoms with van der Waals surface area (Å²) < 4.78 is 11.6. The van der Waals surface area contributed by atoms with Gasteiger partial charge in [0.05, 0.1) is 18.9 Å². The molecule has 5 nitrogen and oxygen atoms in total. The van der Waals surface area contributed by atoms with Gasteiger partial charge < -0.3 is 9.47 Å². The van der Waals surface area contributed by atoms with Gasteiger partial charge in [-0.3, -0.25) is 10.1 Å². The minimum Gasteiger partial charge on any atom is -0.496 e. The molecule has 3 aromatic rings. The second-order valence-corrected chi connectivity index (χ2v) is 8.22. The number of hydrogen-bond donors (Lipinski definition) is 1. The van der Waals surface area contributed by atoms with E-state index in [0.29, 0.717) is 10.7 Å². The molecule has 0 fully saturated rings. The number of aromatic nitrogens is 1. The first-order valence-corrected chi connectivity index (χ1v) is 11.6. The number of methoxy groups -OCH3 is 2. The first kappa shape index (κ1) is 23.0. The number of thiazole rings is 1. The maximum absolute atomic E-state index is 12.4. The van der Waals surface area contributed by atoms with Crippen LogP contribution in [-0.2, 0) is 4.74 Å². The molecule has 0 spiro atoms. The lowest BCUT2D eigenvalue weighted by Crippen LogP contribution is -2.11. The fourth-order valence-electron chi connectivity index (χ4n) is 3.61. The molecule has 0 aliphatic carbocycles. The number of amides is 1. The van der Waals surface area contributed by atoms with Gasteiger partial charge in [0.2, 0.25) is 0 Å². The smallest absolute Gasteiger partial charge is 0.257 e. The molecule has 0 saturated carbocycles. The molecule has 0 aliphatic heterocycles. The summed E-state index contributed by atoms with van der Waals surface area (Å²) >= 11 is 1.40. The van der Waals surface area contributed by atoms with Crippen molar-refractivity contribution < 1.29 is 14.3 Å². The third kappa shape index (κ3) is 5.93. The van der Waals surface area contributed by atoms with Crippen LogP contribution < -0.4 is 10.1 Å². The maximum Gasteiger partial charge on any atom is 0.257 e. The van der Waals surface area contributed by atoms with Crippen LogP contribution in [0.25, 0.3) is 11.3 Å². The Bertz CT molecular complexity index is 972. The lowest BCUT2D eigenvalue weighted by atomic mass is 9.98. The number of nitrogens with one attached hydrogen (secondary N) is 1. The molecule has 1 aromatic heterocycles. The van der Waals surface area contributed by atoms with Gasteiger partial charge in [-0.2, -0.15) is 0 Å². The number of unbranched alkanes of at least 4 members (excludes halogenated alkanes) is 3. The molecule has 0 saturated heterocycles. The van der Waals surface area contributed by atoms with E-state index < -0.39 is 0 Å². The normalized spacial score (nSPS) is 11.8. The minimum absolute atomic E-state index is 0.0253. The molecule has 1 amide bonds. The fraction of sp³-hybridized carbons (Fsp3) is 0.360. The highest BCUT2D eigenvalue weighted by Gasteiger charge is 2.20. The van der Waals surface area contributed by atoms with Crippen LogP contribution in [0.5, 0.6) is 5.75 Å². The molecule has 1 N–H and O–H groups in total. The van der Waals surface area contributed by atoms with Crippen LogP contribution in [0.1, 0.15) is 61.1 Å². The maximum atomic E-state index is 12.4. The molecule has 164 valence electrons. The Morgan fingerprint density at radius 1 is 1.06 bits per heavy atom. The Morgan fingerprint density at radius 3 is 2.58 bits per heavy atom. The Kier molecular flexibility index (Phi) is 8.62. The summed E-state index contributed by atoms with van der Waals surface area (Å²) in [6.07, 6.45) is 5.70. The number of nitrogens with zero attached hydrogens (tertiary/aromatic N) is 1. The van der Waals surface area contributed by atoms with E-state index in [-0.39, 0.29) is 12.0 Å². The number of benzene rings is 2. The van der Waals surface area contributed by atoms with E-state index in [4.69, 9.17) is 9.47 Å². The van der Waals surface area contributed by atoms with Crippen molar-refractivity contribution in [2.75, 3.05) is 19.5 Å². The van der Waals surface area contributed by atoms with E-state index in [1.807, 2.05) is 35.7 Å². The van der Waals surface area contributed by atoms with Crippen molar-refractivity contribution in [2.45, 2.75) is 45.1 Å². The van der Waals surface area contributed by atoms with E-state index in [1.165, 1.54) is 30.6 Å². The minimum atomic E-state index is -0.172. The Labute approximate surface area is 188 Å². The van der Waals surface area contributed by atoms with E-state index >= 15 is 0 Å². The summed E-state index contributed by atoms with van der Waals surface area (Å²) in [6.45, 7) is 2.21. The number of ether oxygens (including phenoxy) is 2. The number of para-hydroxylation sites is 1. The van der Waals surface area contributed by atoms with Crippen molar-refractivity contribution in [3.63, 3.8) is 0 Å². The predicted octanol–water partition coefficient (Wildman–Crippen LogP) is 6.73. The molecule has 1 heterocycles. The van der Waals surface area contributed by atoms with Gasteiger partial charge in [0.25, 0.3) is 5.91 Å². The van der Waals surface area contributed by atoms with Gasteiger partial charge in [0.1, 0.15) is 5.75 Å². The molecule has 1 unspecified atom stereocenters. The Morgan fingerprint density at radius 2 is 1.87 bits per heavy atom. The van der Waals surface area contributed by atoms with Crippen LogP contribution in [0, 0.1) is 0 Å². The monoisotopic (exact) mass is 438 g/mol. The Balaban J connectivity index is 1.80. The van der Waals surface area contributed by atoms with Crippen LogP contribution in [0.3, 0.4) is 0 Å². The average Bonchev–Trinajstić information content (AvgIpc) is 3.27. The second kappa shape index (κ2) is 11.6. The van der Waals surface area contributed by atoms with Crippen LogP contribution in [-0.4, -0.2) is 25.1 Å². The van der Waals surface area contributed by atoms with E-state index in [1.54, 1.807) is 26.4 Å². The van der Waals surface area contributed by atoms with Crippen LogP contribution >= 0.6 is 11.3 Å². The van der Waals surface area contributed by atoms with Gasteiger partial charge in [-0.1, -0.05) is 62.9 Å². The zero-order chi connectivity index (χ0) is 22.1. The molecule has 31 heavy (non-hydrogen) atoms. The molecular weight excluding hydrogens is 408 g/mol. The first-order valence-electron chi connectivity index (χ1n) is 10.7. The molecule has 0 aliphatic rings. The highest BCUT2D eigenvalue weighted by atomic mass is 32.1. The molecular formula is C25H30N2O3S. The lowest BCUT2D eigenvalue weighted by Gasteiger charge is -2.20. The molecule has 1 atom stereocenters. The highest BCUT2D eigenvalue weighted by molar-refractivity contribution is 7.14.